The van der Waals surface area contributed by atoms with Gasteiger partial charge >= 0.3 is 0 Å². The van der Waals surface area contributed by atoms with Gasteiger partial charge in [0.05, 0.1) is 14.2 Å². The second-order valence-electron chi connectivity index (χ2n) is 10.2. The third kappa shape index (κ3) is 5.56. The van der Waals surface area contributed by atoms with Crippen LogP contribution in [0.25, 0.3) is 22.0 Å². The van der Waals surface area contributed by atoms with Crippen molar-refractivity contribution in [1.29, 1.82) is 0 Å². The summed E-state index contributed by atoms with van der Waals surface area (Å²) in [5.74, 6) is 4.80. The first-order valence-electron chi connectivity index (χ1n) is 13.5. The van der Waals surface area contributed by atoms with Crippen LogP contribution in [-0.4, -0.2) is 55.7 Å². The number of benzene rings is 3. The predicted octanol–water partition coefficient (Wildman–Crippen LogP) is 5.76. The van der Waals surface area contributed by atoms with E-state index >= 15 is 0 Å². The summed E-state index contributed by atoms with van der Waals surface area (Å²) in [5, 5.41) is 14.8. The minimum absolute atomic E-state index is 0.319. The van der Waals surface area contributed by atoms with E-state index in [1.54, 1.807) is 14.2 Å². The molecule has 0 atom stereocenters. The highest BCUT2D eigenvalue weighted by molar-refractivity contribution is 6.00. The van der Waals surface area contributed by atoms with E-state index < -0.39 is 0 Å². The highest BCUT2D eigenvalue weighted by atomic mass is 16.7. The fourth-order valence-corrected chi connectivity index (χ4v) is 5.48. The Kier molecular flexibility index (Phi) is 7.36. The van der Waals surface area contributed by atoms with Crippen LogP contribution >= 0.6 is 0 Å². The number of aromatic nitrogens is 2. The minimum Gasteiger partial charge on any atom is -0.497 e. The van der Waals surface area contributed by atoms with Crippen molar-refractivity contribution < 1.29 is 18.9 Å². The van der Waals surface area contributed by atoms with Gasteiger partial charge in [0, 0.05) is 29.4 Å². The number of nitrogens with one attached hydrogen (secondary N) is 1. The summed E-state index contributed by atoms with van der Waals surface area (Å²) < 4.78 is 21.8. The fourth-order valence-electron chi connectivity index (χ4n) is 5.48. The number of nitrogens with zero attached hydrogens (tertiary/aromatic N) is 3. The summed E-state index contributed by atoms with van der Waals surface area (Å²) >= 11 is 0. The molecule has 0 aliphatic carbocycles. The summed E-state index contributed by atoms with van der Waals surface area (Å²) in [6.07, 6.45) is 3.50. The highest BCUT2D eigenvalue weighted by Crippen LogP contribution is 2.35. The SMILES string of the molecule is COc1ccc(-c2nnc(NCCC3CCN(Cc4ccc5c(c4)OCO5)CC3)c3cc(OC)ccc23)cc1. The Morgan fingerprint density at radius 3 is 2.41 bits per heavy atom. The highest BCUT2D eigenvalue weighted by Gasteiger charge is 2.21. The van der Waals surface area contributed by atoms with Crippen LogP contribution in [-0.2, 0) is 6.54 Å². The van der Waals surface area contributed by atoms with Crippen molar-refractivity contribution in [2.45, 2.75) is 25.8 Å². The smallest absolute Gasteiger partial charge is 0.231 e. The van der Waals surface area contributed by atoms with E-state index in [1.165, 1.54) is 18.4 Å². The first-order valence-corrected chi connectivity index (χ1v) is 13.5. The van der Waals surface area contributed by atoms with Gasteiger partial charge in [0.2, 0.25) is 6.79 Å². The first-order chi connectivity index (χ1) is 19.2. The molecule has 1 aromatic heterocycles. The van der Waals surface area contributed by atoms with Crippen molar-refractivity contribution in [1.82, 2.24) is 15.1 Å². The lowest BCUT2D eigenvalue weighted by molar-refractivity contribution is 0.172. The van der Waals surface area contributed by atoms with E-state index in [0.717, 1.165) is 83.4 Å². The fraction of sp³-hybridized carbons (Fsp3) is 0.355. The standard InChI is InChI=1S/C31H34N4O4/c1-36-24-6-4-23(5-7-24)30-26-9-8-25(37-2)18-27(26)31(34-33-30)32-14-11-21-12-15-35(16-13-21)19-22-3-10-28-29(17-22)39-20-38-28/h3-10,17-18,21H,11-16,19-20H2,1-2H3,(H,32,34). The molecule has 0 unspecified atom stereocenters. The Balaban J connectivity index is 1.07. The summed E-state index contributed by atoms with van der Waals surface area (Å²) in [7, 11) is 3.35. The van der Waals surface area contributed by atoms with Crippen LogP contribution in [0.3, 0.4) is 0 Å². The number of methoxy groups -OCH3 is 2. The quantitative estimate of drug-likeness (QED) is 0.295. The normalized spacial score (nSPS) is 15.4. The van der Waals surface area contributed by atoms with Crippen molar-refractivity contribution in [3.63, 3.8) is 0 Å². The van der Waals surface area contributed by atoms with E-state index in [4.69, 9.17) is 18.9 Å². The molecule has 8 nitrogen and oxygen atoms in total. The molecule has 0 bridgehead atoms. The largest absolute Gasteiger partial charge is 0.497 e. The molecule has 202 valence electrons. The molecule has 0 radical (unpaired) electrons. The van der Waals surface area contributed by atoms with Crippen LogP contribution in [0.1, 0.15) is 24.8 Å². The van der Waals surface area contributed by atoms with Gasteiger partial charge in [-0.3, -0.25) is 4.90 Å². The Morgan fingerprint density at radius 1 is 0.846 bits per heavy atom. The number of piperidine rings is 1. The number of ether oxygens (including phenoxy) is 4. The third-order valence-electron chi connectivity index (χ3n) is 7.75. The van der Waals surface area contributed by atoms with Crippen molar-refractivity contribution in [3.8, 4) is 34.3 Å². The topological polar surface area (TPSA) is 78.0 Å². The lowest BCUT2D eigenvalue weighted by Gasteiger charge is -2.32. The molecule has 6 rings (SSSR count). The van der Waals surface area contributed by atoms with Crippen LogP contribution in [0.2, 0.25) is 0 Å². The Morgan fingerprint density at radius 2 is 1.62 bits per heavy atom. The Labute approximate surface area is 228 Å². The van der Waals surface area contributed by atoms with Crippen LogP contribution in [0.5, 0.6) is 23.0 Å². The van der Waals surface area contributed by atoms with E-state index in [1.807, 2.05) is 42.5 Å². The van der Waals surface area contributed by atoms with Gasteiger partial charge in [-0.1, -0.05) is 6.07 Å². The number of hydrogen-bond acceptors (Lipinski definition) is 8. The van der Waals surface area contributed by atoms with Crippen molar-refractivity contribution in [2.24, 2.45) is 5.92 Å². The van der Waals surface area contributed by atoms with Gasteiger partial charge in [-0.25, -0.2) is 0 Å². The van der Waals surface area contributed by atoms with Crippen LogP contribution in [0.15, 0.2) is 60.7 Å². The molecule has 1 fully saturated rings. The van der Waals surface area contributed by atoms with Gasteiger partial charge in [-0.05, 0) is 98.4 Å². The molecule has 1 saturated heterocycles. The van der Waals surface area contributed by atoms with Crippen LogP contribution in [0, 0.1) is 5.92 Å². The van der Waals surface area contributed by atoms with Crippen LogP contribution < -0.4 is 24.3 Å². The number of fused-ring (bicyclic) bond motifs is 2. The zero-order chi connectivity index (χ0) is 26.6. The van der Waals surface area contributed by atoms with Gasteiger partial charge in [0.25, 0.3) is 0 Å². The van der Waals surface area contributed by atoms with Gasteiger partial charge in [0.1, 0.15) is 17.2 Å². The second kappa shape index (κ2) is 11.4. The molecule has 3 aromatic carbocycles. The van der Waals surface area contributed by atoms with Gasteiger partial charge in [-0.2, -0.15) is 0 Å². The maximum Gasteiger partial charge on any atom is 0.231 e. The molecule has 39 heavy (non-hydrogen) atoms. The molecule has 8 heteroatoms. The molecule has 4 aromatic rings. The average molecular weight is 527 g/mol. The summed E-state index contributed by atoms with van der Waals surface area (Å²) in [4.78, 5) is 2.53. The van der Waals surface area contributed by atoms with Gasteiger partial charge < -0.3 is 24.3 Å². The van der Waals surface area contributed by atoms with E-state index in [2.05, 4.69) is 38.6 Å². The van der Waals surface area contributed by atoms with Crippen molar-refractivity contribution in [2.75, 3.05) is 46.0 Å². The number of anilines is 1. The maximum atomic E-state index is 5.53. The third-order valence-corrected chi connectivity index (χ3v) is 7.75. The first kappa shape index (κ1) is 25.2. The van der Waals surface area contributed by atoms with Gasteiger partial charge in [-0.15, -0.1) is 10.2 Å². The number of rotatable bonds is 9. The molecule has 0 saturated carbocycles. The van der Waals surface area contributed by atoms with Crippen molar-refractivity contribution >= 4 is 16.6 Å². The van der Waals surface area contributed by atoms with E-state index in [-0.39, 0.29) is 0 Å². The lowest BCUT2D eigenvalue weighted by Crippen LogP contribution is -2.33. The molecule has 3 heterocycles. The predicted molar refractivity (Wildman–Crippen MR) is 152 cm³/mol. The summed E-state index contributed by atoms with van der Waals surface area (Å²) in [6.45, 7) is 4.34. The van der Waals surface area contributed by atoms with Crippen LogP contribution in [0.4, 0.5) is 5.82 Å². The zero-order valence-corrected chi connectivity index (χ0v) is 22.5. The van der Waals surface area contributed by atoms with E-state index in [9.17, 15) is 0 Å². The molecule has 0 amide bonds. The molecule has 2 aliphatic rings. The summed E-state index contributed by atoms with van der Waals surface area (Å²) in [6, 6.07) is 20.2. The molecule has 0 spiro atoms. The maximum absolute atomic E-state index is 5.53. The monoisotopic (exact) mass is 526 g/mol. The van der Waals surface area contributed by atoms with Crippen molar-refractivity contribution in [3.05, 3.63) is 66.2 Å². The second-order valence-corrected chi connectivity index (χ2v) is 10.2. The number of likely N-dealkylation sites (tertiary alicyclic amines) is 1. The average Bonchev–Trinajstić information content (AvgIpc) is 3.46. The Hall–Kier alpha value is -4.04. The molecule has 2 aliphatic heterocycles. The summed E-state index contributed by atoms with van der Waals surface area (Å²) in [5.41, 5.74) is 3.12. The zero-order valence-electron chi connectivity index (χ0n) is 22.5. The lowest BCUT2D eigenvalue weighted by atomic mass is 9.93. The molecule has 1 N–H and O–H groups in total. The number of hydrogen-bond donors (Lipinski definition) is 1. The Bertz CT molecular complexity index is 1430. The van der Waals surface area contributed by atoms with Gasteiger partial charge in [0.15, 0.2) is 17.3 Å². The molecular formula is C31H34N4O4. The molecular weight excluding hydrogens is 492 g/mol. The van der Waals surface area contributed by atoms with E-state index in [0.29, 0.717) is 12.7 Å². The minimum atomic E-state index is 0.319.